The Labute approximate surface area is 129 Å². The van der Waals surface area contributed by atoms with Gasteiger partial charge < -0.3 is 4.74 Å². The van der Waals surface area contributed by atoms with Crippen molar-refractivity contribution in [2.45, 2.75) is 46.8 Å². The lowest BCUT2D eigenvalue weighted by atomic mass is 10.1. The van der Waals surface area contributed by atoms with Gasteiger partial charge in [0.05, 0.1) is 17.5 Å². The van der Waals surface area contributed by atoms with Crippen molar-refractivity contribution >= 4 is 15.9 Å². The number of benzene rings is 1. The van der Waals surface area contributed by atoms with Crippen molar-refractivity contribution in [3.8, 4) is 17.0 Å². The van der Waals surface area contributed by atoms with Gasteiger partial charge in [0.2, 0.25) is 0 Å². The van der Waals surface area contributed by atoms with Gasteiger partial charge in [-0.25, -0.2) is 0 Å². The molecule has 0 N–H and O–H groups in total. The van der Waals surface area contributed by atoms with E-state index in [4.69, 9.17) is 4.74 Å². The summed E-state index contributed by atoms with van der Waals surface area (Å²) >= 11 is 3.51. The second kappa shape index (κ2) is 6.44. The van der Waals surface area contributed by atoms with Crippen LogP contribution in [0.4, 0.5) is 0 Å². The van der Waals surface area contributed by atoms with Gasteiger partial charge in [-0.1, -0.05) is 22.9 Å². The fraction of sp³-hybridized carbons (Fsp3) is 0.438. The molecule has 0 aliphatic rings. The van der Waals surface area contributed by atoms with Gasteiger partial charge in [-0.2, -0.15) is 5.10 Å². The second-order valence-electron chi connectivity index (χ2n) is 5.00. The lowest BCUT2D eigenvalue weighted by Gasteiger charge is -2.15. The number of ether oxygens (including phenoxy) is 1. The van der Waals surface area contributed by atoms with Crippen LogP contribution in [0.5, 0.6) is 5.75 Å². The van der Waals surface area contributed by atoms with Crippen molar-refractivity contribution < 1.29 is 4.74 Å². The minimum atomic E-state index is 0.145. The molecule has 0 atom stereocenters. The monoisotopic (exact) mass is 336 g/mol. The van der Waals surface area contributed by atoms with Gasteiger partial charge in [-0.05, 0) is 51.5 Å². The maximum absolute atomic E-state index is 5.95. The van der Waals surface area contributed by atoms with Crippen molar-refractivity contribution in [2.75, 3.05) is 0 Å². The van der Waals surface area contributed by atoms with Gasteiger partial charge >= 0.3 is 0 Å². The number of hydrogen-bond donors (Lipinski definition) is 0. The molecule has 2 aromatic rings. The largest absolute Gasteiger partial charge is 0.490 e. The van der Waals surface area contributed by atoms with E-state index in [0.29, 0.717) is 0 Å². The quantitative estimate of drug-likeness (QED) is 0.792. The first-order valence-corrected chi connectivity index (χ1v) is 7.87. The van der Waals surface area contributed by atoms with Crippen LogP contribution >= 0.6 is 15.9 Å². The van der Waals surface area contributed by atoms with E-state index in [1.165, 1.54) is 0 Å². The van der Waals surface area contributed by atoms with Crippen LogP contribution in [-0.2, 0) is 13.0 Å². The summed E-state index contributed by atoms with van der Waals surface area (Å²) in [6, 6.07) is 8.30. The van der Waals surface area contributed by atoms with Crippen molar-refractivity contribution in [1.82, 2.24) is 9.78 Å². The molecule has 0 saturated heterocycles. The highest BCUT2D eigenvalue weighted by Crippen LogP contribution is 2.34. The number of hydrogen-bond acceptors (Lipinski definition) is 2. The summed E-state index contributed by atoms with van der Waals surface area (Å²) in [4.78, 5) is 0. The highest BCUT2D eigenvalue weighted by Gasteiger charge is 2.14. The number of aromatic nitrogens is 2. The fourth-order valence-electron chi connectivity index (χ4n) is 2.16. The normalized spacial score (nSPS) is 11.1. The number of halogens is 1. The molecule has 0 fully saturated rings. The Kier molecular flexibility index (Phi) is 4.86. The van der Waals surface area contributed by atoms with Crippen LogP contribution in [0.3, 0.4) is 0 Å². The van der Waals surface area contributed by atoms with Crippen LogP contribution in [0.25, 0.3) is 11.3 Å². The molecule has 0 amide bonds. The van der Waals surface area contributed by atoms with Crippen LogP contribution in [0.1, 0.15) is 33.4 Å². The minimum absolute atomic E-state index is 0.145. The highest BCUT2D eigenvalue weighted by molar-refractivity contribution is 9.10. The Bertz CT molecular complexity index is 590. The average Bonchev–Trinajstić information content (AvgIpc) is 2.81. The van der Waals surface area contributed by atoms with E-state index in [-0.39, 0.29) is 6.10 Å². The Morgan fingerprint density at radius 3 is 2.60 bits per heavy atom. The molecule has 3 nitrogen and oxygen atoms in total. The van der Waals surface area contributed by atoms with Gasteiger partial charge in [-0.15, -0.1) is 0 Å². The summed E-state index contributed by atoms with van der Waals surface area (Å²) in [7, 11) is 0. The average molecular weight is 337 g/mol. The molecule has 0 saturated carbocycles. The van der Waals surface area contributed by atoms with E-state index in [0.717, 1.165) is 40.1 Å². The topological polar surface area (TPSA) is 27.1 Å². The first-order chi connectivity index (χ1) is 9.55. The smallest absolute Gasteiger partial charge is 0.130 e. The fourth-order valence-corrected chi connectivity index (χ4v) is 2.50. The van der Waals surface area contributed by atoms with E-state index >= 15 is 0 Å². The standard InChI is InChI=1S/C16H21BrN2O/c1-5-13-10-15(19(6-2)18-13)14-8-7-12(17)9-16(14)20-11(3)4/h7-11H,5-6H2,1-4H3. The second-order valence-corrected chi connectivity index (χ2v) is 5.91. The van der Waals surface area contributed by atoms with Gasteiger partial charge in [0.25, 0.3) is 0 Å². The zero-order valence-corrected chi connectivity index (χ0v) is 14.1. The third-order valence-electron chi connectivity index (χ3n) is 3.07. The highest BCUT2D eigenvalue weighted by atomic mass is 79.9. The van der Waals surface area contributed by atoms with E-state index in [1.807, 2.05) is 30.7 Å². The Balaban J connectivity index is 2.53. The molecule has 1 aromatic heterocycles. The molecule has 0 bridgehead atoms. The molecule has 0 spiro atoms. The molecule has 1 heterocycles. The molecule has 0 aliphatic heterocycles. The predicted octanol–water partition coefficient (Wildman–Crippen LogP) is 4.68. The lowest BCUT2D eigenvalue weighted by Crippen LogP contribution is -2.07. The number of rotatable bonds is 5. The van der Waals surface area contributed by atoms with Crippen LogP contribution in [-0.4, -0.2) is 15.9 Å². The zero-order valence-electron chi connectivity index (χ0n) is 12.5. The van der Waals surface area contributed by atoms with Crippen LogP contribution in [0.15, 0.2) is 28.7 Å². The van der Waals surface area contributed by atoms with Crippen molar-refractivity contribution in [1.29, 1.82) is 0 Å². The van der Waals surface area contributed by atoms with Gasteiger partial charge in [0.1, 0.15) is 5.75 Å². The third kappa shape index (κ3) is 3.23. The molecule has 108 valence electrons. The van der Waals surface area contributed by atoms with Gasteiger partial charge in [0.15, 0.2) is 0 Å². The van der Waals surface area contributed by atoms with E-state index in [9.17, 15) is 0 Å². The molecule has 20 heavy (non-hydrogen) atoms. The molecular weight excluding hydrogens is 316 g/mol. The minimum Gasteiger partial charge on any atom is -0.490 e. The molecule has 0 unspecified atom stereocenters. The lowest BCUT2D eigenvalue weighted by molar-refractivity contribution is 0.243. The molecule has 4 heteroatoms. The Morgan fingerprint density at radius 2 is 2.00 bits per heavy atom. The zero-order chi connectivity index (χ0) is 14.7. The predicted molar refractivity (Wildman–Crippen MR) is 86.2 cm³/mol. The van der Waals surface area contributed by atoms with Crippen molar-refractivity contribution in [3.05, 3.63) is 34.4 Å². The molecular formula is C16H21BrN2O. The summed E-state index contributed by atoms with van der Waals surface area (Å²) in [5.41, 5.74) is 3.32. The first-order valence-electron chi connectivity index (χ1n) is 7.08. The molecule has 0 aliphatic carbocycles. The summed E-state index contributed by atoms with van der Waals surface area (Å²) in [5.74, 6) is 0.895. The summed E-state index contributed by atoms with van der Waals surface area (Å²) < 4.78 is 9.01. The van der Waals surface area contributed by atoms with Gasteiger partial charge in [0, 0.05) is 16.6 Å². The number of nitrogens with zero attached hydrogens (tertiary/aromatic N) is 2. The van der Waals surface area contributed by atoms with Crippen molar-refractivity contribution in [2.24, 2.45) is 0 Å². The summed E-state index contributed by atoms with van der Waals surface area (Å²) in [5, 5.41) is 4.62. The van der Waals surface area contributed by atoms with Crippen LogP contribution in [0.2, 0.25) is 0 Å². The van der Waals surface area contributed by atoms with Crippen LogP contribution < -0.4 is 4.74 Å². The maximum Gasteiger partial charge on any atom is 0.130 e. The molecule has 2 rings (SSSR count). The van der Waals surface area contributed by atoms with E-state index in [2.05, 4.69) is 47.0 Å². The Hall–Kier alpha value is -1.29. The van der Waals surface area contributed by atoms with Gasteiger partial charge in [-0.3, -0.25) is 4.68 Å². The third-order valence-corrected chi connectivity index (χ3v) is 3.57. The molecule has 1 aromatic carbocycles. The SMILES string of the molecule is CCc1cc(-c2ccc(Br)cc2OC(C)C)n(CC)n1. The molecule has 0 radical (unpaired) electrons. The maximum atomic E-state index is 5.95. The van der Waals surface area contributed by atoms with Crippen molar-refractivity contribution in [3.63, 3.8) is 0 Å². The first kappa shape index (κ1) is 15.1. The number of aryl methyl sites for hydroxylation is 2. The van der Waals surface area contributed by atoms with E-state index in [1.54, 1.807) is 0 Å². The summed E-state index contributed by atoms with van der Waals surface area (Å²) in [6.45, 7) is 9.17. The summed E-state index contributed by atoms with van der Waals surface area (Å²) in [6.07, 6.45) is 1.09. The Morgan fingerprint density at radius 1 is 1.25 bits per heavy atom. The van der Waals surface area contributed by atoms with Crippen LogP contribution in [0, 0.1) is 0 Å². The van der Waals surface area contributed by atoms with E-state index < -0.39 is 0 Å².